The van der Waals surface area contributed by atoms with Gasteiger partial charge in [0, 0.05) is 13.0 Å². The molecule has 1 aromatic carbocycles. The van der Waals surface area contributed by atoms with Crippen LogP contribution in [0.2, 0.25) is 0 Å². The van der Waals surface area contributed by atoms with Gasteiger partial charge in [0.1, 0.15) is 0 Å². The van der Waals surface area contributed by atoms with Gasteiger partial charge in [-0.3, -0.25) is 4.79 Å². The van der Waals surface area contributed by atoms with Crippen molar-refractivity contribution in [3.63, 3.8) is 0 Å². The molecule has 0 aliphatic carbocycles. The molecule has 0 spiro atoms. The molecule has 1 aromatic rings. The summed E-state index contributed by atoms with van der Waals surface area (Å²) in [5, 5.41) is 2.89. The molecule has 0 atom stereocenters. The second-order valence-corrected chi connectivity index (χ2v) is 3.37. The van der Waals surface area contributed by atoms with Crippen LogP contribution >= 0.6 is 0 Å². The lowest BCUT2D eigenvalue weighted by Gasteiger charge is -2.04. The number of hydrogen-bond acceptors (Lipinski definition) is 1. The molecule has 2 nitrogen and oxygen atoms in total. The van der Waals surface area contributed by atoms with Crippen molar-refractivity contribution < 1.29 is 4.79 Å². The standard InChI is InChI=1S/C12H17NO/c1-2-3-9-12(14)13-10-11-7-5-4-6-8-11/h4-8H,2-3,9-10H2,1H3,(H,13,14). The molecule has 0 heterocycles. The van der Waals surface area contributed by atoms with Crippen LogP contribution in [0.3, 0.4) is 0 Å². The van der Waals surface area contributed by atoms with Crippen molar-refractivity contribution in [3.8, 4) is 0 Å². The van der Waals surface area contributed by atoms with Crippen molar-refractivity contribution >= 4 is 5.91 Å². The van der Waals surface area contributed by atoms with Crippen LogP contribution in [0.25, 0.3) is 0 Å². The summed E-state index contributed by atoms with van der Waals surface area (Å²) in [6, 6.07) is 9.96. The monoisotopic (exact) mass is 191 g/mol. The van der Waals surface area contributed by atoms with Crippen LogP contribution in [-0.4, -0.2) is 5.91 Å². The number of rotatable bonds is 5. The van der Waals surface area contributed by atoms with Gasteiger partial charge in [0.05, 0.1) is 0 Å². The molecule has 0 aliphatic heterocycles. The fourth-order valence-electron chi connectivity index (χ4n) is 1.22. The minimum absolute atomic E-state index is 0.149. The van der Waals surface area contributed by atoms with Gasteiger partial charge < -0.3 is 5.32 Å². The van der Waals surface area contributed by atoms with Crippen molar-refractivity contribution in [3.05, 3.63) is 35.9 Å². The zero-order chi connectivity index (χ0) is 10.2. The van der Waals surface area contributed by atoms with Crippen molar-refractivity contribution in [2.45, 2.75) is 32.7 Å². The van der Waals surface area contributed by atoms with Crippen LogP contribution in [0.1, 0.15) is 31.7 Å². The fourth-order valence-corrected chi connectivity index (χ4v) is 1.22. The Morgan fingerprint density at radius 1 is 1.29 bits per heavy atom. The molecule has 0 fully saturated rings. The number of benzene rings is 1. The fraction of sp³-hybridized carbons (Fsp3) is 0.417. The zero-order valence-corrected chi connectivity index (χ0v) is 8.62. The van der Waals surface area contributed by atoms with Crippen LogP contribution < -0.4 is 5.32 Å². The average Bonchev–Trinajstić information content (AvgIpc) is 2.25. The van der Waals surface area contributed by atoms with Gasteiger partial charge in [-0.25, -0.2) is 0 Å². The zero-order valence-electron chi connectivity index (χ0n) is 8.62. The Labute approximate surface area is 85.3 Å². The Hall–Kier alpha value is -1.31. The van der Waals surface area contributed by atoms with Crippen molar-refractivity contribution in [1.29, 1.82) is 0 Å². The van der Waals surface area contributed by atoms with E-state index >= 15 is 0 Å². The lowest BCUT2D eigenvalue weighted by molar-refractivity contribution is -0.121. The smallest absolute Gasteiger partial charge is 0.220 e. The summed E-state index contributed by atoms with van der Waals surface area (Å²) in [7, 11) is 0. The molecule has 0 aliphatic rings. The molecular weight excluding hydrogens is 174 g/mol. The molecule has 0 saturated heterocycles. The largest absolute Gasteiger partial charge is 0.352 e. The molecule has 0 radical (unpaired) electrons. The van der Waals surface area contributed by atoms with E-state index in [0.29, 0.717) is 13.0 Å². The highest BCUT2D eigenvalue weighted by Crippen LogP contribution is 1.98. The number of carbonyl (C=O) groups excluding carboxylic acids is 1. The minimum Gasteiger partial charge on any atom is -0.352 e. The number of hydrogen-bond donors (Lipinski definition) is 1. The first-order valence-electron chi connectivity index (χ1n) is 5.13. The van der Waals surface area contributed by atoms with Crippen molar-refractivity contribution in [1.82, 2.24) is 5.32 Å². The van der Waals surface area contributed by atoms with Crippen molar-refractivity contribution in [2.24, 2.45) is 0 Å². The van der Waals surface area contributed by atoms with Gasteiger partial charge in [-0.2, -0.15) is 0 Å². The van der Waals surface area contributed by atoms with Gasteiger partial charge in [0.2, 0.25) is 5.91 Å². The first-order valence-corrected chi connectivity index (χ1v) is 5.13. The normalized spacial score (nSPS) is 9.79. The first-order chi connectivity index (χ1) is 6.83. The van der Waals surface area contributed by atoms with E-state index in [1.165, 1.54) is 0 Å². The quantitative estimate of drug-likeness (QED) is 0.761. The Bertz CT molecular complexity index is 269. The first kappa shape index (κ1) is 10.8. The SMILES string of the molecule is CCCCC(=O)NCc1ccccc1. The summed E-state index contributed by atoms with van der Waals surface area (Å²) in [5.41, 5.74) is 1.15. The maximum Gasteiger partial charge on any atom is 0.220 e. The third-order valence-electron chi connectivity index (χ3n) is 2.09. The third-order valence-corrected chi connectivity index (χ3v) is 2.09. The second-order valence-electron chi connectivity index (χ2n) is 3.37. The average molecular weight is 191 g/mol. The summed E-state index contributed by atoms with van der Waals surface area (Å²) >= 11 is 0. The molecular formula is C12H17NO. The lowest BCUT2D eigenvalue weighted by Crippen LogP contribution is -2.22. The number of unbranched alkanes of at least 4 members (excludes halogenated alkanes) is 1. The summed E-state index contributed by atoms with van der Waals surface area (Å²) in [5.74, 6) is 0.149. The molecule has 2 heteroatoms. The Kier molecular flexibility index (Phi) is 4.76. The topological polar surface area (TPSA) is 29.1 Å². The van der Waals surface area contributed by atoms with Crippen LogP contribution in [0.4, 0.5) is 0 Å². The van der Waals surface area contributed by atoms with Gasteiger partial charge in [-0.15, -0.1) is 0 Å². The predicted octanol–water partition coefficient (Wildman–Crippen LogP) is 2.49. The summed E-state index contributed by atoms with van der Waals surface area (Å²) in [4.78, 5) is 11.3. The number of amides is 1. The lowest BCUT2D eigenvalue weighted by atomic mass is 10.2. The molecule has 14 heavy (non-hydrogen) atoms. The molecule has 0 unspecified atom stereocenters. The van der Waals surface area contributed by atoms with Gasteiger partial charge >= 0.3 is 0 Å². The van der Waals surface area contributed by atoms with E-state index in [2.05, 4.69) is 12.2 Å². The maximum absolute atomic E-state index is 11.3. The highest BCUT2D eigenvalue weighted by Gasteiger charge is 1.99. The van der Waals surface area contributed by atoms with Crippen LogP contribution in [0.15, 0.2) is 30.3 Å². The van der Waals surface area contributed by atoms with E-state index < -0.39 is 0 Å². The molecule has 0 bridgehead atoms. The van der Waals surface area contributed by atoms with E-state index in [4.69, 9.17) is 0 Å². The Morgan fingerprint density at radius 3 is 2.64 bits per heavy atom. The van der Waals surface area contributed by atoms with Crippen LogP contribution in [-0.2, 0) is 11.3 Å². The minimum atomic E-state index is 0.149. The Morgan fingerprint density at radius 2 is 2.00 bits per heavy atom. The van der Waals surface area contributed by atoms with E-state index in [0.717, 1.165) is 18.4 Å². The summed E-state index contributed by atoms with van der Waals surface area (Å²) in [6.45, 7) is 2.73. The maximum atomic E-state index is 11.3. The van der Waals surface area contributed by atoms with Gasteiger partial charge in [-0.05, 0) is 12.0 Å². The molecule has 76 valence electrons. The predicted molar refractivity (Wildman–Crippen MR) is 57.8 cm³/mol. The van der Waals surface area contributed by atoms with E-state index in [9.17, 15) is 4.79 Å². The van der Waals surface area contributed by atoms with E-state index in [1.54, 1.807) is 0 Å². The summed E-state index contributed by atoms with van der Waals surface area (Å²) in [6.07, 6.45) is 2.68. The van der Waals surface area contributed by atoms with Gasteiger partial charge in [-0.1, -0.05) is 43.7 Å². The molecule has 1 rings (SSSR count). The second kappa shape index (κ2) is 6.19. The number of carbonyl (C=O) groups is 1. The van der Waals surface area contributed by atoms with Crippen LogP contribution in [0, 0.1) is 0 Å². The van der Waals surface area contributed by atoms with Gasteiger partial charge in [0.15, 0.2) is 0 Å². The molecule has 0 aromatic heterocycles. The van der Waals surface area contributed by atoms with Gasteiger partial charge in [0.25, 0.3) is 0 Å². The Balaban J connectivity index is 2.24. The van der Waals surface area contributed by atoms with Crippen LogP contribution in [0.5, 0.6) is 0 Å². The highest BCUT2D eigenvalue weighted by molar-refractivity contribution is 5.75. The van der Waals surface area contributed by atoms with E-state index in [-0.39, 0.29) is 5.91 Å². The van der Waals surface area contributed by atoms with E-state index in [1.807, 2.05) is 30.3 Å². The highest BCUT2D eigenvalue weighted by atomic mass is 16.1. The number of nitrogens with one attached hydrogen (secondary N) is 1. The molecule has 1 N–H and O–H groups in total. The third kappa shape index (κ3) is 4.08. The molecule has 0 saturated carbocycles. The molecule has 1 amide bonds. The summed E-state index contributed by atoms with van der Waals surface area (Å²) < 4.78 is 0. The van der Waals surface area contributed by atoms with Crippen molar-refractivity contribution in [2.75, 3.05) is 0 Å².